The van der Waals surface area contributed by atoms with Gasteiger partial charge in [0, 0.05) is 25.7 Å². The number of carbonyl (C=O) groups excluding carboxylic acids is 2. The lowest BCUT2D eigenvalue weighted by molar-refractivity contribution is -0.136. The molecule has 0 aliphatic carbocycles. The van der Waals surface area contributed by atoms with Gasteiger partial charge in [-0.2, -0.15) is 0 Å². The zero-order valence-corrected chi connectivity index (χ0v) is 14.9. The third-order valence-electron chi connectivity index (χ3n) is 5.09. The molecule has 2 aromatic rings. The van der Waals surface area contributed by atoms with Crippen LogP contribution < -0.4 is 4.74 Å². The highest BCUT2D eigenvalue weighted by molar-refractivity contribution is 6.35. The molecule has 0 N–H and O–H groups in total. The number of hydrogen-bond donors (Lipinski definition) is 0. The van der Waals surface area contributed by atoms with E-state index in [9.17, 15) is 9.59 Å². The normalized spacial score (nSPS) is 17.0. The molecule has 0 unspecified atom stereocenters. The number of imide groups is 1. The number of hydrogen-bond acceptors (Lipinski definition) is 4. The maximum Gasteiger partial charge on any atom is 0.277 e. The van der Waals surface area contributed by atoms with Gasteiger partial charge in [-0.05, 0) is 23.6 Å². The number of ether oxygens (including phenoxy) is 1. The van der Waals surface area contributed by atoms with Crippen LogP contribution >= 0.6 is 0 Å². The van der Waals surface area contributed by atoms with E-state index in [0.29, 0.717) is 35.7 Å². The van der Waals surface area contributed by atoms with Crippen molar-refractivity contribution >= 4 is 17.4 Å². The first kappa shape index (κ1) is 16.4. The molecule has 0 fully saturated rings. The number of rotatable bonds is 3. The second-order valence-electron chi connectivity index (χ2n) is 6.53. The summed E-state index contributed by atoms with van der Waals surface area (Å²) in [6.07, 6.45) is 0.851. The van der Waals surface area contributed by atoms with Gasteiger partial charge >= 0.3 is 0 Å². The van der Waals surface area contributed by atoms with Crippen molar-refractivity contribution in [3.8, 4) is 5.75 Å². The Morgan fingerprint density at radius 3 is 2.38 bits per heavy atom. The number of likely N-dealkylation sites (N-methyl/N-ethyl adjacent to an activating group) is 1. The molecule has 0 spiro atoms. The average molecular weight is 348 g/mol. The lowest BCUT2D eigenvalue weighted by Gasteiger charge is -2.31. The smallest absolute Gasteiger partial charge is 0.277 e. The van der Waals surface area contributed by atoms with Crippen LogP contribution in [0.3, 0.4) is 0 Å². The van der Waals surface area contributed by atoms with Crippen LogP contribution in [0.25, 0.3) is 5.57 Å². The Balaban J connectivity index is 1.84. The summed E-state index contributed by atoms with van der Waals surface area (Å²) < 4.78 is 5.43. The molecule has 26 heavy (non-hydrogen) atoms. The molecule has 5 nitrogen and oxygen atoms in total. The minimum absolute atomic E-state index is 0.254. The molecule has 0 radical (unpaired) electrons. The van der Waals surface area contributed by atoms with Crippen LogP contribution in [0.15, 0.2) is 54.2 Å². The molecule has 0 bridgehead atoms. The van der Waals surface area contributed by atoms with E-state index in [-0.39, 0.29) is 11.8 Å². The van der Waals surface area contributed by atoms with Crippen LogP contribution in [0.4, 0.5) is 0 Å². The van der Waals surface area contributed by atoms with Crippen molar-refractivity contribution in [1.82, 2.24) is 9.80 Å². The van der Waals surface area contributed by atoms with E-state index in [1.165, 1.54) is 23.1 Å². The van der Waals surface area contributed by atoms with Gasteiger partial charge in [0.1, 0.15) is 11.4 Å². The molecule has 4 rings (SSSR count). The maximum absolute atomic E-state index is 12.9. The minimum Gasteiger partial charge on any atom is -0.496 e. The molecule has 0 atom stereocenters. The standard InChI is InChI=1S/C21H20N2O3/c1-22-20(24)18(16-9-5-6-10-17(16)26-2)19(21(22)25)23-12-11-14-7-3-4-8-15(14)13-23/h3-10H,11-13H2,1-2H3. The average Bonchev–Trinajstić information content (AvgIpc) is 2.91. The molecule has 0 aromatic heterocycles. The quantitative estimate of drug-likeness (QED) is 0.800. The Hall–Kier alpha value is -3.08. The van der Waals surface area contributed by atoms with Crippen LogP contribution in [-0.2, 0) is 22.6 Å². The Morgan fingerprint density at radius 2 is 1.62 bits per heavy atom. The van der Waals surface area contributed by atoms with Crippen molar-refractivity contribution in [3.63, 3.8) is 0 Å². The molecule has 2 aliphatic heterocycles. The summed E-state index contributed by atoms with van der Waals surface area (Å²) in [7, 11) is 3.10. The fourth-order valence-electron chi connectivity index (χ4n) is 3.70. The van der Waals surface area contributed by atoms with Crippen molar-refractivity contribution in [1.29, 1.82) is 0 Å². The Labute approximate surface area is 152 Å². The Bertz CT molecular complexity index is 932. The van der Waals surface area contributed by atoms with Crippen LogP contribution in [-0.4, -0.2) is 42.3 Å². The summed E-state index contributed by atoms with van der Waals surface area (Å²) >= 11 is 0. The first-order chi connectivity index (χ1) is 12.6. The lowest BCUT2D eigenvalue weighted by Crippen LogP contribution is -2.35. The largest absolute Gasteiger partial charge is 0.496 e. The maximum atomic E-state index is 12.9. The van der Waals surface area contributed by atoms with Gasteiger partial charge in [-0.1, -0.05) is 42.5 Å². The van der Waals surface area contributed by atoms with E-state index in [2.05, 4.69) is 12.1 Å². The predicted molar refractivity (Wildman–Crippen MR) is 98.2 cm³/mol. The number of fused-ring (bicyclic) bond motifs is 1. The third kappa shape index (κ3) is 2.47. The predicted octanol–water partition coefficient (Wildman–Crippen LogP) is 2.46. The van der Waals surface area contributed by atoms with Crippen molar-refractivity contribution < 1.29 is 14.3 Å². The van der Waals surface area contributed by atoms with Crippen molar-refractivity contribution in [2.75, 3.05) is 20.7 Å². The van der Waals surface area contributed by atoms with E-state index in [1.54, 1.807) is 7.11 Å². The summed E-state index contributed by atoms with van der Waals surface area (Å²) in [5.41, 5.74) is 4.05. The van der Waals surface area contributed by atoms with Gasteiger partial charge in [0.15, 0.2) is 0 Å². The second-order valence-corrected chi connectivity index (χ2v) is 6.53. The number of methoxy groups -OCH3 is 1. The van der Waals surface area contributed by atoms with Gasteiger partial charge in [0.25, 0.3) is 11.8 Å². The summed E-state index contributed by atoms with van der Waals surface area (Å²) in [6.45, 7) is 1.33. The highest BCUT2D eigenvalue weighted by Crippen LogP contribution is 2.37. The summed E-state index contributed by atoms with van der Waals surface area (Å²) in [6, 6.07) is 15.6. The molecule has 0 saturated carbocycles. The van der Waals surface area contributed by atoms with E-state index in [4.69, 9.17) is 4.74 Å². The van der Waals surface area contributed by atoms with Crippen molar-refractivity contribution in [2.45, 2.75) is 13.0 Å². The minimum atomic E-state index is -0.284. The van der Waals surface area contributed by atoms with E-state index < -0.39 is 0 Å². The van der Waals surface area contributed by atoms with Gasteiger partial charge in [-0.25, -0.2) is 0 Å². The third-order valence-corrected chi connectivity index (χ3v) is 5.09. The zero-order valence-electron chi connectivity index (χ0n) is 14.9. The molecule has 2 aliphatic rings. The van der Waals surface area contributed by atoms with Crippen LogP contribution in [0.5, 0.6) is 5.75 Å². The molecule has 2 aromatic carbocycles. The number of carbonyl (C=O) groups is 2. The van der Waals surface area contributed by atoms with Crippen LogP contribution in [0, 0.1) is 0 Å². The van der Waals surface area contributed by atoms with E-state index in [0.717, 1.165) is 6.42 Å². The summed E-state index contributed by atoms with van der Waals surface area (Å²) in [4.78, 5) is 28.9. The summed E-state index contributed by atoms with van der Waals surface area (Å²) in [5, 5.41) is 0. The number of benzene rings is 2. The van der Waals surface area contributed by atoms with Crippen LogP contribution in [0.1, 0.15) is 16.7 Å². The Morgan fingerprint density at radius 1 is 0.923 bits per heavy atom. The lowest BCUT2D eigenvalue weighted by atomic mass is 9.97. The highest BCUT2D eigenvalue weighted by atomic mass is 16.5. The molecular formula is C21H20N2O3. The number of nitrogens with zero attached hydrogens (tertiary/aromatic N) is 2. The fraction of sp³-hybridized carbons (Fsp3) is 0.238. The van der Waals surface area contributed by atoms with Crippen molar-refractivity contribution in [2.24, 2.45) is 0 Å². The first-order valence-corrected chi connectivity index (χ1v) is 8.63. The van der Waals surface area contributed by atoms with Gasteiger partial charge < -0.3 is 9.64 Å². The second kappa shape index (κ2) is 6.33. The van der Waals surface area contributed by atoms with Gasteiger partial charge in [-0.15, -0.1) is 0 Å². The first-order valence-electron chi connectivity index (χ1n) is 8.63. The SMILES string of the molecule is COc1ccccc1C1=C(N2CCc3ccccc3C2)C(=O)N(C)C1=O. The molecule has 0 saturated heterocycles. The Kier molecular flexibility index (Phi) is 3.99. The van der Waals surface area contributed by atoms with E-state index >= 15 is 0 Å². The van der Waals surface area contributed by atoms with Crippen LogP contribution in [0.2, 0.25) is 0 Å². The molecular weight excluding hydrogens is 328 g/mol. The molecule has 2 heterocycles. The molecule has 2 amide bonds. The van der Waals surface area contributed by atoms with Gasteiger partial charge in [0.05, 0.1) is 12.7 Å². The number of amides is 2. The van der Waals surface area contributed by atoms with Gasteiger partial charge in [0.2, 0.25) is 0 Å². The molecule has 132 valence electrons. The zero-order chi connectivity index (χ0) is 18.3. The van der Waals surface area contributed by atoms with E-state index in [1.807, 2.05) is 41.3 Å². The molecule has 5 heteroatoms. The topological polar surface area (TPSA) is 49.9 Å². The number of para-hydroxylation sites is 1. The van der Waals surface area contributed by atoms with Crippen molar-refractivity contribution in [3.05, 3.63) is 70.9 Å². The summed E-state index contributed by atoms with van der Waals surface area (Å²) in [5.74, 6) is 0.0532. The monoisotopic (exact) mass is 348 g/mol. The fourth-order valence-corrected chi connectivity index (χ4v) is 3.70. The highest BCUT2D eigenvalue weighted by Gasteiger charge is 2.41. The van der Waals surface area contributed by atoms with Gasteiger partial charge in [-0.3, -0.25) is 14.5 Å².